The zero-order valence-electron chi connectivity index (χ0n) is 10.4. The van der Waals surface area contributed by atoms with Gasteiger partial charge in [-0.1, -0.05) is 38.5 Å². The highest BCUT2D eigenvalue weighted by atomic mass is 16.6. The average molecular weight is 228 g/mol. The Morgan fingerprint density at radius 1 is 1.12 bits per heavy atom. The number of carbonyl (C=O) groups excluding carboxylic acids is 1. The molecule has 0 radical (unpaired) electrons. The molecule has 16 heavy (non-hydrogen) atoms. The summed E-state index contributed by atoms with van der Waals surface area (Å²) in [4.78, 5) is 10.5. The van der Waals surface area contributed by atoms with Crippen molar-refractivity contribution >= 4 is 5.97 Å². The molecular weight excluding hydrogens is 204 g/mol. The molecule has 1 fully saturated rings. The van der Waals surface area contributed by atoms with Crippen LogP contribution in [0.2, 0.25) is 0 Å². The first-order valence-electron chi connectivity index (χ1n) is 6.54. The van der Waals surface area contributed by atoms with Crippen LogP contribution >= 0.6 is 0 Å². The minimum Gasteiger partial charge on any atom is -0.466 e. The number of rotatable bonds is 10. The number of ether oxygens (including phenoxy) is 2. The predicted molar refractivity (Wildman–Crippen MR) is 63.3 cm³/mol. The maximum absolute atomic E-state index is 10.5. The molecule has 0 aromatic heterocycles. The summed E-state index contributed by atoms with van der Waals surface area (Å²) in [6.45, 7) is 3.05. The SMILES string of the molecule is CC(=O)OCCCCCCCCCC1CO1. The summed E-state index contributed by atoms with van der Waals surface area (Å²) in [5.74, 6) is -0.165. The maximum Gasteiger partial charge on any atom is 0.302 e. The summed E-state index contributed by atoms with van der Waals surface area (Å²) >= 11 is 0. The van der Waals surface area contributed by atoms with Crippen molar-refractivity contribution < 1.29 is 14.3 Å². The molecule has 1 aliphatic rings. The summed E-state index contributed by atoms with van der Waals surface area (Å²) in [5, 5.41) is 0. The van der Waals surface area contributed by atoms with Gasteiger partial charge < -0.3 is 9.47 Å². The van der Waals surface area contributed by atoms with Gasteiger partial charge >= 0.3 is 5.97 Å². The molecule has 1 unspecified atom stereocenters. The third kappa shape index (κ3) is 8.72. The highest BCUT2D eigenvalue weighted by Gasteiger charge is 2.20. The van der Waals surface area contributed by atoms with E-state index in [9.17, 15) is 4.79 Å². The molecule has 0 aliphatic carbocycles. The summed E-state index contributed by atoms with van der Waals surface area (Å²) in [7, 11) is 0. The van der Waals surface area contributed by atoms with Gasteiger partial charge in [-0.05, 0) is 12.8 Å². The molecule has 3 heteroatoms. The Balaban J connectivity index is 1.66. The van der Waals surface area contributed by atoms with E-state index >= 15 is 0 Å². The van der Waals surface area contributed by atoms with Gasteiger partial charge in [-0.3, -0.25) is 4.79 Å². The Morgan fingerprint density at radius 3 is 2.25 bits per heavy atom. The van der Waals surface area contributed by atoms with Gasteiger partial charge in [-0.25, -0.2) is 0 Å². The molecule has 0 amide bonds. The Labute approximate surface area is 98.5 Å². The van der Waals surface area contributed by atoms with Gasteiger partial charge in [0, 0.05) is 6.92 Å². The zero-order valence-corrected chi connectivity index (χ0v) is 10.4. The van der Waals surface area contributed by atoms with Gasteiger partial charge in [0.15, 0.2) is 0 Å². The molecule has 1 atom stereocenters. The lowest BCUT2D eigenvalue weighted by molar-refractivity contribution is -0.141. The molecule has 0 spiro atoms. The van der Waals surface area contributed by atoms with Crippen LogP contribution in [0.25, 0.3) is 0 Å². The second-order valence-electron chi connectivity index (χ2n) is 4.56. The molecule has 0 saturated carbocycles. The lowest BCUT2D eigenvalue weighted by Gasteiger charge is -2.02. The highest BCUT2D eigenvalue weighted by Crippen LogP contribution is 2.18. The smallest absolute Gasteiger partial charge is 0.302 e. The van der Waals surface area contributed by atoms with Crippen LogP contribution < -0.4 is 0 Å². The number of unbranched alkanes of at least 4 members (excludes halogenated alkanes) is 6. The first kappa shape index (κ1) is 13.5. The van der Waals surface area contributed by atoms with Gasteiger partial charge in [-0.2, -0.15) is 0 Å². The van der Waals surface area contributed by atoms with E-state index in [0.717, 1.165) is 13.0 Å². The predicted octanol–water partition coefficient (Wildman–Crippen LogP) is 3.07. The van der Waals surface area contributed by atoms with Crippen LogP contribution in [0.1, 0.15) is 58.3 Å². The summed E-state index contributed by atoms with van der Waals surface area (Å²) in [6.07, 6.45) is 10.6. The number of hydrogen-bond donors (Lipinski definition) is 0. The fraction of sp³-hybridized carbons (Fsp3) is 0.923. The molecule has 0 aromatic rings. The first-order chi connectivity index (χ1) is 7.79. The zero-order chi connectivity index (χ0) is 11.6. The summed E-state index contributed by atoms with van der Waals surface area (Å²) in [6, 6.07) is 0. The lowest BCUT2D eigenvalue weighted by Crippen LogP contribution is -2.00. The topological polar surface area (TPSA) is 38.8 Å². The third-order valence-corrected chi connectivity index (χ3v) is 2.88. The Bertz CT molecular complexity index is 188. The van der Waals surface area contributed by atoms with Crippen molar-refractivity contribution in [3.63, 3.8) is 0 Å². The largest absolute Gasteiger partial charge is 0.466 e. The standard InChI is InChI=1S/C13H24O3/c1-12(14)15-10-8-6-4-2-3-5-7-9-13-11-16-13/h13H,2-11H2,1H3. The second-order valence-corrected chi connectivity index (χ2v) is 4.56. The number of epoxide rings is 1. The third-order valence-electron chi connectivity index (χ3n) is 2.88. The minimum atomic E-state index is -0.165. The van der Waals surface area contributed by atoms with Crippen molar-refractivity contribution in [2.75, 3.05) is 13.2 Å². The molecule has 0 aromatic carbocycles. The van der Waals surface area contributed by atoms with Gasteiger partial charge in [-0.15, -0.1) is 0 Å². The van der Waals surface area contributed by atoms with Gasteiger partial charge in [0.25, 0.3) is 0 Å². The van der Waals surface area contributed by atoms with Crippen molar-refractivity contribution in [3.05, 3.63) is 0 Å². The first-order valence-corrected chi connectivity index (χ1v) is 6.54. The fourth-order valence-electron chi connectivity index (χ4n) is 1.81. The monoisotopic (exact) mass is 228 g/mol. The molecule has 0 N–H and O–H groups in total. The Kier molecular flexibility index (Phi) is 7.23. The van der Waals surface area contributed by atoms with Crippen LogP contribution in [0.15, 0.2) is 0 Å². The van der Waals surface area contributed by atoms with Crippen LogP contribution in [-0.4, -0.2) is 25.3 Å². The average Bonchev–Trinajstić information content (AvgIpc) is 3.04. The van der Waals surface area contributed by atoms with Crippen molar-refractivity contribution in [2.24, 2.45) is 0 Å². The van der Waals surface area contributed by atoms with Crippen molar-refractivity contribution in [1.82, 2.24) is 0 Å². The van der Waals surface area contributed by atoms with E-state index in [1.54, 1.807) is 0 Å². The summed E-state index contributed by atoms with van der Waals surface area (Å²) < 4.78 is 10.0. The molecule has 1 heterocycles. The van der Waals surface area contributed by atoms with E-state index in [1.807, 2.05) is 0 Å². The van der Waals surface area contributed by atoms with E-state index in [2.05, 4.69) is 0 Å². The van der Waals surface area contributed by atoms with Crippen molar-refractivity contribution in [1.29, 1.82) is 0 Å². The van der Waals surface area contributed by atoms with E-state index in [1.165, 1.54) is 51.9 Å². The molecular formula is C13H24O3. The number of hydrogen-bond acceptors (Lipinski definition) is 3. The Hall–Kier alpha value is -0.570. The molecule has 1 aliphatic heterocycles. The molecule has 1 rings (SSSR count). The summed E-state index contributed by atoms with van der Waals surface area (Å²) in [5.41, 5.74) is 0. The van der Waals surface area contributed by atoms with Gasteiger partial charge in [0.1, 0.15) is 0 Å². The van der Waals surface area contributed by atoms with Gasteiger partial charge in [0.2, 0.25) is 0 Å². The van der Waals surface area contributed by atoms with Crippen LogP contribution in [0.5, 0.6) is 0 Å². The number of carbonyl (C=O) groups is 1. The number of esters is 1. The van der Waals surface area contributed by atoms with Gasteiger partial charge in [0.05, 0.1) is 19.3 Å². The maximum atomic E-state index is 10.5. The normalized spacial score (nSPS) is 18.4. The van der Waals surface area contributed by atoms with Crippen LogP contribution in [0.4, 0.5) is 0 Å². The molecule has 3 nitrogen and oxygen atoms in total. The van der Waals surface area contributed by atoms with E-state index in [4.69, 9.17) is 9.47 Å². The van der Waals surface area contributed by atoms with Crippen LogP contribution in [-0.2, 0) is 14.3 Å². The minimum absolute atomic E-state index is 0.165. The molecule has 94 valence electrons. The van der Waals surface area contributed by atoms with E-state index in [0.29, 0.717) is 12.7 Å². The highest BCUT2D eigenvalue weighted by molar-refractivity contribution is 5.65. The van der Waals surface area contributed by atoms with Crippen LogP contribution in [0, 0.1) is 0 Å². The van der Waals surface area contributed by atoms with Crippen molar-refractivity contribution in [3.8, 4) is 0 Å². The van der Waals surface area contributed by atoms with Crippen molar-refractivity contribution in [2.45, 2.75) is 64.4 Å². The molecule has 1 saturated heterocycles. The quantitative estimate of drug-likeness (QED) is 0.328. The fourth-order valence-corrected chi connectivity index (χ4v) is 1.81. The van der Waals surface area contributed by atoms with E-state index < -0.39 is 0 Å². The van der Waals surface area contributed by atoms with Crippen LogP contribution in [0.3, 0.4) is 0 Å². The second kappa shape index (κ2) is 8.57. The van der Waals surface area contributed by atoms with E-state index in [-0.39, 0.29) is 5.97 Å². The lowest BCUT2D eigenvalue weighted by atomic mass is 10.1. The molecule has 0 bridgehead atoms. The Morgan fingerprint density at radius 2 is 1.69 bits per heavy atom.